The fourth-order valence-corrected chi connectivity index (χ4v) is 3.39. The lowest BCUT2D eigenvalue weighted by Gasteiger charge is -2.41. The first kappa shape index (κ1) is 16.1. The predicted octanol–water partition coefficient (Wildman–Crippen LogP) is 4.68. The summed E-state index contributed by atoms with van der Waals surface area (Å²) in [6.45, 7) is 2.81. The van der Waals surface area contributed by atoms with Gasteiger partial charge < -0.3 is 5.32 Å². The molecular weight excluding hydrogens is 306 g/mol. The van der Waals surface area contributed by atoms with Gasteiger partial charge in [-0.05, 0) is 42.0 Å². The number of carbonyl (C=O) groups is 1. The van der Waals surface area contributed by atoms with Crippen molar-refractivity contribution in [1.29, 1.82) is 0 Å². The molecule has 1 aliphatic carbocycles. The summed E-state index contributed by atoms with van der Waals surface area (Å²) < 4.78 is 0. The van der Waals surface area contributed by atoms with Crippen LogP contribution in [0, 0.1) is 0 Å². The molecule has 0 unspecified atom stereocenters. The molecule has 1 fully saturated rings. The van der Waals surface area contributed by atoms with Crippen LogP contribution in [-0.2, 0) is 10.2 Å². The van der Waals surface area contributed by atoms with Crippen molar-refractivity contribution in [3.63, 3.8) is 0 Å². The molecule has 2 nitrogen and oxygen atoms in total. The Kier molecular flexibility index (Phi) is 4.72. The minimum absolute atomic E-state index is 0.147. The van der Waals surface area contributed by atoms with Crippen LogP contribution in [0.2, 0.25) is 5.02 Å². The molecule has 3 heteroatoms. The topological polar surface area (TPSA) is 29.1 Å². The number of hydrogen-bond donors (Lipinski definition) is 1. The van der Waals surface area contributed by atoms with Crippen molar-refractivity contribution in [2.75, 3.05) is 6.54 Å². The Morgan fingerprint density at radius 3 is 2.35 bits per heavy atom. The summed E-state index contributed by atoms with van der Waals surface area (Å²) in [6.07, 6.45) is 2.94. The number of amides is 1. The van der Waals surface area contributed by atoms with Crippen molar-refractivity contribution in [2.24, 2.45) is 0 Å². The van der Waals surface area contributed by atoms with Crippen molar-refractivity contribution in [2.45, 2.75) is 37.5 Å². The van der Waals surface area contributed by atoms with E-state index in [1.165, 1.54) is 5.56 Å². The van der Waals surface area contributed by atoms with Gasteiger partial charge in [0.25, 0.3) is 0 Å². The summed E-state index contributed by atoms with van der Waals surface area (Å²) in [6, 6.07) is 18.0. The number of nitrogens with one attached hydrogen (secondary N) is 1. The predicted molar refractivity (Wildman–Crippen MR) is 94.8 cm³/mol. The molecule has 0 aromatic heterocycles. The molecule has 0 saturated heterocycles. The van der Waals surface area contributed by atoms with Crippen molar-refractivity contribution < 1.29 is 4.79 Å². The zero-order chi connectivity index (χ0) is 16.3. The first-order valence-corrected chi connectivity index (χ1v) is 8.59. The fourth-order valence-electron chi connectivity index (χ4n) is 3.26. The van der Waals surface area contributed by atoms with Crippen LogP contribution in [-0.4, -0.2) is 12.5 Å². The average Bonchev–Trinajstić information content (AvgIpc) is 2.54. The van der Waals surface area contributed by atoms with E-state index in [1.807, 2.05) is 42.5 Å². The third kappa shape index (κ3) is 3.28. The minimum Gasteiger partial charge on any atom is -0.355 e. The quantitative estimate of drug-likeness (QED) is 0.848. The number of benzene rings is 2. The molecule has 1 aliphatic rings. The van der Waals surface area contributed by atoms with Crippen LogP contribution in [0.1, 0.15) is 43.2 Å². The Morgan fingerprint density at radius 1 is 1.13 bits per heavy atom. The monoisotopic (exact) mass is 327 g/mol. The first-order chi connectivity index (χ1) is 11.1. The molecule has 0 radical (unpaired) electrons. The average molecular weight is 328 g/mol. The fraction of sp³-hybridized carbons (Fsp3) is 0.350. The van der Waals surface area contributed by atoms with Gasteiger partial charge in [0, 0.05) is 11.6 Å². The molecule has 0 bridgehead atoms. The molecular formula is C20H22ClNO. The van der Waals surface area contributed by atoms with Crippen molar-refractivity contribution >= 4 is 17.5 Å². The normalized spacial score (nSPS) is 17.1. The van der Waals surface area contributed by atoms with E-state index in [-0.39, 0.29) is 11.3 Å². The third-order valence-corrected chi connectivity index (χ3v) is 5.23. The molecule has 1 atom stereocenters. The number of carbonyl (C=O) groups excluding carboxylic acids is 1. The lowest BCUT2D eigenvalue weighted by atomic mass is 9.64. The van der Waals surface area contributed by atoms with Crippen molar-refractivity contribution in [3.8, 4) is 0 Å². The van der Waals surface area contributed by atoms with Crippen LogP contribution in [0.5, 0.6) is 0 Å². The molecule has 3 rings (SSSR count). The number of rotatable bonds is 5. The largest absolute Gasteiger partial charge is 0.355 e. The van der Waals surface area contributed by atoms with Crippen LogP contribution < -0.4 is 5.32 Å². The summed E-state index contributed by atoms with van der Waals surface area (Å²) in [7, 11) is 0. The first-order valence-electron chi connectivity index (χ1n) is 8.21. The Balaban J connectivity index is 1.68. The molecule has 23 heavy (non-hydrogen) atoms. The van der Waals surface area contributed by atoms with Gasteiger partial charge in [0.2, 0.25) is 5.91 Å². The second-order valence-corrected chi connectivity index (χ2v) is 6.90. The Labute approximate surface area is 142 Å². The molecule has 0 spiro atoms. The van der Waals surface area contributed by atoms with Gasteiger partial charge in [-0.25, -0.2) is 0 Å². The molecule has 1 saturated carbocycles. The van der Waals surface area contributed by atoms with Gasteiger partial charge in [0.1, 0.15) is 0 Å². The molecule has 2 aromatic rings. The highest BCUT2D eigenvalue weighted by Gasteiger charge is 2.45. The van der Waals surface area contributed by atoms with E-state index in [2.05, 4.69) is 24.4 Å². The lowest BCUT2D eigenvalue weighted by Crippen LogP contribution is -2.49. The zero-order valence-electron chi connectivity index (χ0n) is 13.4. The van der Waals surface area contributed by atoms with Crippen LogP contribution in [0.4, 0.5) is 0 Å². The van der Waals surface area contributed by atoms with E-state index in [0.29, 0.717) is 17.5 Å². The molecule has 0 heterocycles. The lowest BCUT2D eigenvalue weighted by molar-refractivity contribution is -0.130. The van der Waals surface area contributed by atoms with Gasteiger partial charge in [-0.2, -0.15) is 0 Å². The summed E-state index contributed by atoms with van der Waals surface area (Å²) in [4.78, 5) is 12.8. The SMILES string of the molecule is C[C@H](CNC(=O)C1(c2ccc(Cl)cc2)CCC1)c1ccccc1. The van der Waals surface area contributed by atoms with E-state index in [1.54, 1.807) is 0 Å². The Bertz CT molecular complexity index is 662. The van der Waals surface area contributed by atoms with Gasteiger partial charge in [0.05, 0.1) is 5.41 Å². The van der Waals surface area contributed by atoms with Crippen molar-refractivity contribution in [1.82, 2.24) is 5.32 Å². The van der Waals surface area contributed by atoms with Gasteiger partial charge in [-0.15, -0.1) is 0 Å². The summed E-state index contributed by atoms with van der Waals surface area (Å²) in [5, 5.41) is 3.87. The highest BCUT2D eigenvalue weighted by Crippen LogP contribution is 2.44. The third-order valence-electron chi connectivity index (χ3n) is 4.98. The molecule has 2 aromatic carbocycles. The number of halogens is 1. The van der Waals surface area contributed by atoms with E-state index in [0.717, 1.165) is 24.8 Å². The highest BCUT2D eigenvalue weighted by molar-refractivity contribution is 6.30. The van der Waals surface area contributed by atoms with Crippen LogP contribution in [0.15, 0.2) is 54.6 Å². The van der Waals surface area contributed by atoms with E-state index >= 15 is 0 Å². The van der Waals surface area contributed by atoms with Gasteiger partial charge in [0.15, 0.2) is 0 Å². The molecule has 0 aliphatic heterocycles. The van der Waals surface area contributed by atoms with Gasteiger partial charge >= 0.3 is 0 Å². The van der Waals surface area contributed by atoms with Crippen LogP contribution in [0.3, 0.4) is 0 Å². The summed E-state index contributed by atoms with van der Waals surface area (Å²) >= 11 is 5.97. The maximum Gasteiger partial charge on any atom is 0.230 e. The minimum atomic E-state index is -0.360. The van der Waals surface area contributed by atoms with Crippen molar-refractivity contribution in [3.05, 3.63) is 70.7 Å². The van der Waals surface area contributed by atoms with Gasteiger partial charge in [-0.1, -0.05) is 67.4 Å². The molecule has 120 valence electrons. The maximum absolute atomic E-state index is 12.8. The van der Waals surface area contributed by atoms with E-state index < -0.39 is 0 Å². The van der Waals surface area contributed by atoms with Crippen LogP contribution >= 0.6 is 11.6 Å². The molecule has 1 N–H and O–H groups in total. The number of hydrogen-bond acceptors (Lipinski definition) is 1. The second-order valence-electron chi connectivity index (χ2n) is 6.46. The summed E-state index contributed by atoms with van der Waals surface area (Å²) in [5.74, 6) is 0.455. The molecule has 1 amide bonds. The smallest absolute Gasteiger partial charge is 0.230 e. The second kappa shape index (κ2) is 6.76. The Morgan fingerprint density at radius 2 is 1.78 bits per heavy atom. The van der Waals surface area contributed by atoms with E-state index in [9.17, 15) is 4.79 Å². The van der Waals surface area contributed by atoms with E-state index in [4.69, 9.17) is 11.6 Å². The Hall–Kier alpha value is -1.80. The van der Waals surface area contributed by atoms with Crippen LogP contribution in [0.25, 0.3) is 0 Å². The standard InChI is InChI=1S/C20H22ClNO/c1-15(16-6-3-2-4-7-16)14-22-19(23)20(12-5-13-20)17-8-10-18(21)11-9-17/h2-4,6-11,15H,5,12-14H2,1H3,(H,22,23)/t15-/m1/s1. The summed E-state index contributed by atoms with van der Waals surface area (Å²) in [5.41, 5.74) is 1.97. The maximum atomic E-state index is 12.8. The zero-order valence-corrected chi connectivity index (χ0v) is 14.1. The van der Waals surface area contributed by atoms with Gasteiger partial charge in [-0.3, -0.25) is 4.79 Å². The highest BCUT2D eigenvalue weighted by atomic mass is 35.5.